The van der Waals surface area contributed by atoms with E-state index < -0.39 is 0 Å². The van der Waals surface area contributed by atoms with Crippen LogP contribution in [0, 0.1) is 0 Å². The normalized spacial score (nSPS) is 27.1. The van der Waals surface area contributed by atoms with Crippen LogP contribution in [-0.2, 0) is 9.53 Å². The summed E-state index contributed by atoms with van der Waals surface area (Å²) in [5, 5.41) is 0. The van der Waals surface area contributed by atoms with Crippen molar-refractivity contribution < 1.29 is 9.53 Å². The van der Waals surface area contributed by atoms with Crippen molar-refractivity contribution in [1.82, 2.24) is 9.80 Å². The van der Waals surface area contributed by atoms with Gasteiger partial charge in [-0.1, -0.05) is 18.2 Å². The van der Waals surface area contributed by atoms with Crippen molar-refractivity contribution in [3.8, 4) is 0 Å². The molecular weight excluding hydrogens is 302 g/mol. The Morgan fingerprint density at radius 3 is 2.21 bits per heavy atom. The predicted molar refractivity (Wildman–Crippen MR) is 96.3 cm³/mol. The lowest BCUT2D eigenvalue weighted by molar-refractivity contribution is -0.148. The van der Waals surface area contributed by atoms with Crippen molar-refractivity contribution >= 4 is 11.6 Å². The molecular formula is C19H29N3O2. The first-order valence-electron chi connectivity index (χ1n) is 9.03. The summed E-state index contributed by atoms with van der Waals surface area (Å²) in [7, 11) is 0. The fraction of sp³-hybridized carbons (Fsp3) is 0.632. The summed E-state index contributed by atoms with van der Waals surface area (Å²) in [5.41, 5.74) is 1.27. The Hall–Kier alpha value is -1.59. The van der Waals surface area contributed by atoms with E-state index in [1.165, 1.54) is 5.69 Å². The largest absolute Gasteiger partial charge is 0.372 e. The first-order valence-corrected chi connectivity index (χ1v) is 9.03. The van der Waals surface area contributed by atoms with Crippen molar-refractivity contribution in [3.05, 3.63) is 30.3 Å². The number of hydrogen-bond acceptors (Lipinski definition) is 4. The van der Waals surface area contributed by atoms with Gasteiger partial charge in [0, 0.05) is 45.0 Å². The van der Waals surface area contributed by atoms with Gasteiger partial charge >= 0.3 is 0 Å². The number of carbonyl (C=O) groups excluding carboxylic acids is 1. The summed E-state index contributed by atoms with van der Waals surface area (Å²) in [6.45, 7) is 11.3. The van der Waals surface area contributed by atoms with E-state index in [4.69, 9.17) is 4.74 Å². The summed E-state index contributed by atoms with van der Waals surface area (Å²) in [4.78, 5) is 19.5. The van der Waals surface area contributed by atoms with E-state index in [-0.39, 0.29) is 24.2 Å². The molecule has 0 bridgehead atoms. The summed E-state index contributed by atoms with van der Waals surface area (Å²) >= 11 is 0. The van der Waals surface area contributed by atoms with Crippen molar-refractivity contribution in [2.75, 3.05) is 44.2 Å². The molecule has 3 unspecified atom stereocenters. The zero-order valence-electron chi connectivity index (χ0n) is 15.0. The number of anilines is 1. The predicted octanol–water partition coefficient (Wildman–Crippen LogP) is 1.83. The highest BCUT2D eigenvalue weighted by atomic mass is 16.5. The van der Waals surface area contributed by atoms with E-state index in [1.807, 2.05) is 31.7 Å². The number of benzene rings is 1. The standard InChI is InChI=1S/C19H29N3O2/c1-15-13-22(14-16(2)24-15)19(23)17(3)20-9-11-21(12-10-20)18-7-5-4-6-8-18/h4-8,15-17H,9-14H2,1-3H3. The minimum Gasteiger partial charge on any atom is -0.372 e. The molecule has 1 aromatic carbocycles. The number of ether oxygens (including phenoxy) is 1. The molecule has 0 N–H and O–H groups in total. The van der Waals surface area contributed by atoms with Crippen LogP contribution in [0.15, 0.2) is 30.3 Å². The van der Waals surface area contributed by atoms with Gasteiger partial charge in [0.1, 0.15) is 0 Å². The number of hydrogen-bond donors (Lipinski definition) is 0. The van der Waals surface area contributed by atoms with Crippen molar-refractivity contribution in [3.63, 3.8) is 0 Å². The van der Waals surface area contributed by atoms with Crippen LogP contribution < -0.4 is 4.90 Å². The Kier molecular flexibility index (Phi) is 5.41. The van der Waals surface area contributed by atoms with Gasteiger partial charge in [-0.25, -0.2) is 0 Å². The van der Waals surface area contributed by atoms with E-state index in [9.17, 15) is 4.79 Å². The zero-order chi connectivity index (χ0) is 17.1. The van der Waals surface area contributed by atoms with Crippen LogP contribution in [0.1, 0.15) is 20.8 Å². The maximum Gasteiger partial charge on any atom is 0.239 e. The molecule has 2 fully saturated rings. The second-order valence-electron chi connectivity index (χ2n) is 7.04. The van der Waals surface area contributed by atoms with Crippen molar-refractivity contribution in [2.24, 2.45) is 0 Å². The maximum atomic E-state index is 12.9. The van der Waals surface area contributed by atoms with Crippen LogP contribution in [-0.4, -0.2) is 73.2 Å². The van der Waals surface area contributed by atoms with Gasteiger partial charge in [-0.3, -0.25) is 9.69 Å². The number of nitrogens with zero attached hydrogens (tertiary/aromatic N) is 3. The lowest BCUT2D eigenvalue weighted by Gasteiger charge is -2.42. The Bertz CT molecular complexity index is 533. The molecule has 1 amide bonds. The Morgan fingerprint density at radius 2 is 1.62 bits per heavy atom. The highest BCUT2D eigenvalue weighted by Gasteiger charge is 2.32. The smallest absolute Gasteiger partial charge is 0.239 e. The molecule has 0 spiro atoms. The number of piperazine rings is 1. The van der Waals surface area contributed by atoms with Gasteiger partial charge in [0.05, 0.1) is 18.2 Å². The first kappa shape index (κ1) is 17.2. The highest BCUT2D eigenvalue weighted by Crippen LogP contribution is 2.18. The summed E-state index contributed by atoms with van der Waals surface area (Å²) in [6, 6.07) is 10.5. The minimum absolute atomic E-state index is 0.0552. The molecule has 0 aromatic heterocycles. The molecule has 24 heavy (non-hydrogen) atoms. The van der Waals surface area contributed by atoms with E-state index in [2.05, 4.69) is 34.1 Å². The molecule has 132 valence electrons. The van der Waals surface area contributed by atoms with Gasteiger partial charge in [-0.2, -0.15) is 0 Å². The monoisotopic (exact) mass is 331 g/mol. The topological polar surface area (TPSA) is 36.0 Å². The van der Waals surface area contributed by atoms with E-state index >= 15 is 0 Å². The highest BCUT2D eigenvalue weighted by molar-refractivity contribution is 5.81. The molecule has 0 aliphatic carbocycles. The molecule has 0 radical (unpaired) electrons. The summed E-state index contributed by atoms with van der Waals surface area (Å²) < 4.78 is 5.74. The second kappa shape index (κ2) is 7.53. The average Bonchev–Trinajstić information content (AvgIpc) is 2.60. The third kappa shape index (κ3) is 3.90. The van der Waals surface area contributed by atoms with Crippen molar-refractivity contribution in [2.45, 2.75) is 39.0 Å². The van der Waals surface area contributed by atoms with E-state index in [1.54, 1.807) is 0 Å². The molecule has 3 atom stereocenters. The number of carbonyl (C=O) groups is 1. The van der Waals surface area contributed by atoms with Crippen LogP contribution in [0.4, 0.5) is 5.69 Å². The van der Waals surface area contributed by atoms with Crippen LogP contribution in [0.5, 0.6) is 0 Å². The minimum atomic E-state index is -0.0552. The quantitative estimate of drug-likeness (QED) is 0.847. The number of amides is 1. The number of para-hydroxylation sites is 1. The number of morpholine rings is 1. The molecule has 2 saturated heterocycles. The molecule has 2 heterocycles. The maximum absolute atomic E-state index is 12.9. The summed E-state index contributed by atoms with van der Waals surface area (Å²) in [6.07, 6.45) is 0.250. The molecule has 2 aliphatic heterocycles. The Balaban J connectivity index is 1.55. The van der Waals surface area contributed by atoms with Gasteiger partial charge in [0.2, 0.25) is 5.91 Å². The van der Waals surface area contributed by atoms with Crippen molar-refractivity contribution in [1.29, 1.82) is 0 Å². The van der Waals surface area contributed by atoms with E-state index in [0.717, 1.165) is 26.2 Å². The SMILES string of the molecule is CC1CN(C(=O)C(C)N2CCN(c3ccccc3)CC2)CC(C)O1. The molecule has 5 heteroatoms. The van der Waals surface area contributed by atoms with Crippen LogP contribution in [0.25, 0.3) is 0 Å². The van der Waals surface area contributed by atoms with Crippen LogP contribution >= 0.6 is 0 Å². The lowest BCUT2D eigenvalue weighted by atomic mass is 10.1. The molecule has 5 nitrogen and oxygen atoms in total. The molecule has 3 rings (SSSR count). The fourth-order valence-electron chi connectivity index (χ4n) is 3.78. The van der Waals surface area contributed by atoms with Crippen LogP contribution in [0.2, 0.25) is 0 Å². The van der Waals surface area contributed by atoms with E-state index in [0.29, 0.717) is 13.1 Å². The third-order valence-corrected chi connectivity index (χ3v) is 5.07. The van der Waals surface area contributed by atoms with Gasteiger partial charge in [0.15, 0.2) is 0 Å². The van der Waals surface area contributed by atoms with Gasteiger partial charge in [-0.05, 0) is 32.9 Å². The first-order chi connectivity index (χ1) is 11.5. The summed E-state index contributed by atoms with van der Waals surface area (Å²) in [5.74, 6) is 0.241. The Morgan fingerprint density at radius 1 is 1.04 bits per heavy atom. The Labute approximate surface area is 145 Å². The van der Waals surface area contributed by atoms with Gasteiger partial charge in [-0.15, -0.1) is 0 Å². The molecule has 1 aromatic rings. The molecule has 2 aliphatic rings. The fourth-order valence-corrected chi connectivity index (χ4v) is 3.78. The van der Waals surface area contributed by atoms with Crippen LogP contribution in [0.3, 0.4) is 0 Å². The van der Waals surface area contributed by atoms with Gasteiger partial charge < -0.3 is 14.5 Å². The lowest BCUT2D eigenvalue weighted by Crippen LogP contribution is -2.57. The van der Waals surface area contributed by atoms with Gasteiger partial charge in [0.25, 0.3) is 0 Å². The third-order valence-electron chi connectivity index (χ3n) is 5.07. The molecule has 0 saturated carbocycles. The second-order valence-corrected chi connectivity index (χ2v) is 7.04. The number of rotatable bonds is 3. The average molecular weight is 331 g/mol. The zero-order valence-corrected chi connectivity index (χ0v) is 15.0.